The predicted molar refractivity (Wildman–Crippen MR) is 122 cm³/mol. The fourth-order valence-electron chi connectivity index (χ4n) is 4.14. The van der Waals surface area contributed by atoms with E-state index in [-0.39, 0.29) is 17.6 Å². The van der Waals surface area contributed by atoms with E-state index in [9.17, 15) is 4.79 Å². The maximum Gasteiger partial charge on any atom is 0.274 e. The minimum Gasteiger partial charge on any atom is -0.493 e. The molecule has 0 fully saturated rings. The Morgan fingerprint density at radius 2 is 2.00 bits per heavy atom. The van der Waals surface area contributed by atoms with E-state index in [0.717, 1.165) is 29.8 Å². The normalized spacial score (nSPS) is 12.7. The molecule has 0 saturated carbocycles. The highest BCUT2D eigenvalue weighted by Gasteiger charge is 2.34. The average molecular weight is 424 g/mol. The van der Waals surface area contributed by atoms with Crippen LogP contribution >= 0.6 is 0 Å². The molecule has 0 radical (unpaired) electrons. The molecule has 1 aromatic carbocycles. The molecule has 1 aliphatic rings. The van der Waals surface area contributed by atoms with E-state index in [1.165, 1.54) is 0 Å². The van der Waals surface area contributed by atoms with Crippen LogP contribution in [0.1, 0.15) is 75.5 Å². The zero-order valence-corrected chi connectivity index (χ0v) is 19.7. The van der Waals surface area contributed by atoms with Crippen LogP contribution in [0.5, 0.6) is 11.5 Å². The van der Waals surface area contributed by atoms with Gasteiger partial charge in [-0.2, -0.15) is 0 Å². The van der Waals surface area contributed by atoms with Crippen molar-refractivity contribution < 1.29 is 14.3 Å². The van der Waals surface area contributed by atoms with E-state index >= 15 is 0 Å². The molecule has 0 bridgehead atoms. The summed E-state index contributed by atoms with van der Waals surface area (Å²) >= 11 is 0. The van der Waals surface area contributed by atoms with Gasteiger partial charge in [0.2, 0.25) is 0 Å². The maximum absolute atomic E-state index is 13.5. The van der Waals surface area contributed by atoms with E-state index in [4.69, 9.17) is 15.9 Å². The highest BCUT2D eigenvalue weighted by atomic mass is 16.5. The minimum atomic E-state index is -0.267. The Balaban J connectivity index is 2.17. The molecule has 0 atom stereocenters. The van der Waals surface area contributed by atoms with Crippen molar-refractivity contribution in [3.05, 3.63) is 34.9 Å². The van der Waals surface area contributed by atoms with Gasteiger partial charge in [-0.3, -0.25) is 9.36 Å². The zero-order valence-electron chi connectivity index (χ0n) is 19.7. The predicted octanol–water partition coefficient (Wildman–Crippen LogP) is 4.40. The molecule has 31 heavy (non-hydrogen) atoms. The third-order valence-corrected chi connectivity index (χ3v) is 6.06. The smallest absolute Gasteiger partial charge is 0.274 e. The SMILES string of the molecule is C#Cc1nc(C(=O)N(CC)C(C)(C)CC)c2n1-c1cc(OC(C)C)c(OC)cc1CC2. The van der Waals surface area contributed by atoms with E-state index in [2.05, 4.69) is 31.7 Å². The van der Waals surface area contributed by atoms with Gasteiger partial charge in [-0.25, -0.2) is 4.98 Å². The second kappa shape index (κ2) is 8.66. The fourth-order valence-corrected chi connectivity index (χ4v) is 4.14. The second-order valence-corrected chi connectivity index (χ2v) is 8.72. The molecule has 0 N–H and O–H groups in total. The molecule has 2 heterocycles. The van der Waals surface area contributed by atoms with Gasteiger partial charge in [0.25, 0.3) is 5.91 Å². The number of nitrogens with zero attached hydrogens (tertiary/aromatic N) is 3. The van der Waals surface area contributed by atoms with Crippen molar-refractivity contribution in [3.63, 3.8) is 0 Å². The van der Waals surface area contributed by atoms with Crippen LogP contribution in [0, 0.1) is 12.3 Å². The van der Waals surface area contributed by atoms with E-state index in [1.807, 2.05) is 42.4 Å². The first-order chi connectivity index (χ1) is 14.7. The number of hydrogen-bond donors (Lipinski definition) is 0. The Hall–Kier alpha value is -2.94. The molecule has 6 nitrogen and oxygen atoms in total. The molecule has 0 aliphatic carbocycles. The molecule has 0 spiro atoms. The number of benzene rings is 1. The van der Waals surface area contributed by atoms with Crippen LogP contribution in [0.2, 0.25) is 0 Å². The third-order valence-electron chi connectivity index (χ3n) is 6.06. The van der Waals surface area contributed by atoms with Crippen molar-refractivity contribution in [2.45, 2.75) is 72.4 Å². The summed E-state index contributed by atoms with van der Waals surface area (Å²) in [4.78, 5) is 20.0. The number of rotatable bonds is 7. The first-order valence-corrected chi connectivity index (χ1v) is 11.0. The van der Waals surface area contributed by atoms with Crippen LogP contribution in [0.25, 0.3) is 5.69 Å². The van der Waals surface area contributed by atoms with Gasteiger partial charge in [0.1, 0.15) is 0 Å². The number of carbonyl (C=O) groups is 1. The molecule has 1 aliphatic heterocycles. The zero-order chi connectivity index (χ0) is 22.9. The molecular formula is C25H33N3O3. The summed E-state index contributed by atoms with van der Waals surface area (Å²) in [6.45, 7) is 12.8. The number of imidazole rings is 1. The van der Waals surface area contributed by atoms with Gasteiger partial charge in [0.05, 0.1) is 24.6 Å². The maximum atomic E-state index is 13.5. The number of aromatic nitrogens is 2. The van der Waals surface area contributed by atoms with Crippen LogP contribution in [0.4, 0.5) is 0 Å². The summed E-state index contributed by atoms with van der Waals surface area (Å²) in [6, 6.07) is 3.94. The van der Waals surface area contributed by atoms with Crippen LogP contribution in [-0.4, -0.2) is 45.7 Å². The summed E-state index contributed by atoms with van der Waals surface area (Å²) in [5.74, 6) is 4.38. The molecule has 1 amide bonds. The molecule has 3 rings (SSSR count). The van der Waals surface area contributed by atoms with Crippen molar-refractivity contribution in [1.29, 1.82) is 0 Å². The van der Waals surface area contributed by atoms with Crippen molar-refractivity contribution in [2.75, 3.05) is 13.7 Å². The molecule has 1 aromatic heterocycles. The highest BCUT2D eigenvalue weighted by molar-refractivity contribution is 5.94. The number of aryl methyl sites for hydroxylation is 1. The lowest BCUT2D eigenvalue weighted by Gasteiger charge is -2.37. The molecule has 0 saturated heterocycles. The summed E-state index contributed by atoms with van der Waals surface area (Å²) in [6.07, 6.45) is 8.12. The first-order valence-electron chi connectivity index (χ1n) is 11.0. The van der Waals surface area contributed by atoms with Gasteiger partial charge in [-0.05, 0) is 71.4 Å². The Bertz CT molecular complexity index is 1030. The summed E-state index contributed by atoms with van der Waals surface area (Å²) in [5, 5.41) is 0. The molecule has 2 aromatic rings. The van der Waals surface area contributed by atoms with Crippen LogP contribution < -0.4 is 9.47 Å². The van der Waals surface area contributed by atoms with Gasteiger partial charge < -0.3 is 14.4 Å². The van der Waals surface area contributed by atoms with Crippen molar-refractivity contribution in [2.24, 2.45) is 0 Å². The number of ether oxygens (including phenoxy) is 2. The molecule has 166 valence electrons. The highest BCUT2D eigenvalue weighted by Crippen LogP contribution is 2.38. The van der Waals surface area contributed by atoms with Crippen molar-refractivity contribution in [3.8, 4) is 29.5 Å². The van der Waals surface area contributed by atoms with Crippen molar-refractivity contribution >= 4 is 5.91 Å². The molecule has 6 heteroatoms. The van der Waals surface area contributed by atoms with Crippen LogP contribution in [0.15, 0.2) is 12.1 Å². The van der Waals surface area contributed by atoms with Gasteiger partial charge in [0.15, 0.2) is 23.0 Å². The number of terminal acetylenes is 1. The Kier molecular flexibility index (Phi) is 6.35. The van der Waals surface area contributed by atoms with Gasteiger partial charge >= 0.3 is 0 Å². The first kappa shape index (κ1) is 22.7. The Morgan fingerprint density at radius 1 is 1.29 bits per heavy atom. The van der Waals surface area contributed by atoms with Crippen LogP contribution in [-0.2, 0) is 12.8 Å². The third kappa shape index (κ3) is 4.01. The second-order valence-electron chi connectivity index (χ2n) is 8.72. The van der Waals surface area contributed by atoms with Gasteiger partial charge in [0, 0.05) is 18.2 Å². The van der Waals surface area contributed by atoms with Crippen molar-refractivity contribution in [1.82, 2.24) is 14.5 Å². The summed E-state index contributed by atoms with van der Waals surface area (Å²) < 4.78 is 13.5. The van der Waals surface area contributed by atoms with E-state index < -0.39 is 0 Å². The van der Waals surface area contributed by atoms with Gasteiger partial charge in [-0.15, -0.1) is 6.42 Å². The fraction of sp³-hybridized carbons (Fsp3) is 0.520. The lowest BCUT2D eigenvalue weighted by molar-refractivity contribution is 0.0550. The molecule has 0 unspecified atom stereocenters. The topological polar surface area (TPSA) is 56.6 Å². The minimum absolute atomic E-state index is 0.00331. The molecular weight excluding hydrogens is 390 g/mol. The van der Waals surface area contributed by atoms with E-state index in [0.29, 0.717) is 36.0 Å². The van der Waals surface area contributed by atoms with E-state index in [1.54, 1.807) is 7.11 Å². The van der Waals surface area contributed by atoms with Crippen LogP contribution in [0.3, 0.4) is 0 Å². The lowest BCUT2D eigenvalue weighted by Crippen LogP contribution is -2.47. The Labute approximate surface area is 185 Å². The summed E-state index contributed by atoms with van der Waals surface area (Å²) in [5.41, 5.74) is 3.03. The number of fused-ring (bicyclic) bond motifs is 3. The Morgan fingerprint density at radius 3 is 2.55 bits per heavy atom. The average Bonchev–Trinajstić information content (AvgIpc) is 3.12. The number of amides is 1. The standard InChI is InChI=1S/C25H33N3O3/c1-9-22-26-23(24(29)27(11-3)25(6,7)10-2)18-13-12-17-14-20(30-8)21(31-16(4)5)15-19(17)28(18)22/h1,14-16H,10-13H2,2-8H3. The largest absolute Gasteiger partial charge is 0.493 e. The number of hydrogen-bond acceptors (Lipinski definition) is 4. The number of methoxy groups -OCH3 is 1. The monoisotopic (exact) mass is 423 g/mol. The van der Waals surface area contributed by atoms with Gasteiger partial charge in [-0.1, -0.05) is 6.92 Å². The summed E-state index contributed by atoms with van der Waals surface area (Å²) in [7, 11) is 1.64. The quantitative estimate of drug-likeness (QED) is 0.620. The number of carbonyl (C=O) groups excluding carboxylic acids is 1. The lowest BCUT2D eigenvalue weighted by atomic mass is 9.97.